The number of ether oxygens (including phenoxy) is 1. The summed E-state index contributed by atoms with van der Waals surface area (Å²) < 4.78 is 5.30. The second kappa shape index (κ2) is 7.92. The first-order valence-corrected chi connectivity index (χ1v) is 8.40. The van der Waals surface area contributed by atoms with Crippen LogP contribution in [0.1, 0.15) is 33.6 Å². The Morgan fingerprint density at radius 3 is 2.18 bits per heavy atom. The van der Waals surface area contributed by atoms with E-state index in [9.17, 15) is 9.59 Å². The zero-order chi connectivity index (χ0) is 16.1. The molecule has 2 heterocycles. The number of hydrogen-bond donors (Lipinski definition) is 1. The number of hydrogen-bond acceptors (Lipinski definition) is 4. The van der Waals surface area contributed by atoms with E-state index in [1.165, 1.54) is 0 Å². The second-order valence-electron chi connectivity index (χ2n) is 6.59. The highest BCUT2D eigenvalue weighted by molar-refractivity contribution is 5.82. The molecule has 0 aromatic rings. The lowest BCUT2D eigenvalue weighted by Crippen LogP contribution is -2.53. The lowest BCUT2D eigenvalue weighted by Gasteiger charge is -2.38. The van der Waals surface area contributed by atoms with Gasteiger partial charge in [-0.2, -0.15) is 0 Å². The molecular weight excluding hydrogens is 282 g/mol. The molecule has 2 aliphatic rings. The molecular formula is C16H29N3O3. The Labute approximate surface area is 133 Å². The van der Waals surface area contributed by atoms with Gasteiger partial charge in [0, 0.05) is 25.0 Å². The van der Waals surface area contributed by atoms with Gasteiger partial charge in [0.25, 0.3) is 0 Å². The van der Waals surface area contributed by atoms with E-state index >= 15 is 0 Å². The highest BCUT2D eigenvalue weighted by atomic mass is 16.5. The zero-order valence-corrected chi connectivity index (χ0v) is 14.0. The van der Waals surface area contributed by atoms with Crippen molar-refractivity contribution in [1.82, 2.24) is 15.1 Å². The molecule has 0 spiro atoms. The third-order valence-corrected chi connectivity index (χ3v) is 4.56. The average Bonchev–Trinajstić information content (AvgIpc) is 2.54. The van der Waals surface area contributed by atoms with E-state index in [1.807, 2.05) is 25.7 Å². The van der Waals surface area contributed by atoms with E-state index in [2.05, 4.69) is 10.2 Å². The molecule has 1 N–H and O–H groups in total. The van der Waals surface area contributed by atoms with E-state index < -0.39 is 0 Å². The Balaban J connectivity index is 1.80. The van der Waals surface area contributed by atoms with Crippen LogP contribution in [0.25, 0.3) is 0 Å². The molecule has 0 bridgehead atoms. The summed E-state index contributed by atoms with van der Waals surface area (Å²) in [5.41, 5.74) is 0. The lowest BCUT2D eigenvalue weighted by atomic mass is 9.94. The summed E-state index contributed by atoms with van der Waals surface area (Å²) >= 11 is 0. The molecule has 6 heteroatoms. The van der Waals surface area contributed by atoms with Crippen LogP contribution in [0.15, 0.2) is 0 Å². The molecule has 126 valence electrons. The molecule has 6 nitrogen and oxygen atoms in total. The van der Waals surface area contributed by atoms with Gasteiger partial charge in [0.05, 0.1) is 19.3 Å². The molecule has 2 fully saturated rings. The molecule has 2 aliphatic heterocycles. The summed E-state index contributed by atoms with van der Waals surface area (Å²) in [6.07, 6.45) is 1.67. The first kappa shape index (κ1) is 17.2. The fraction of sp³-hybridized carbons (Fsp3) is 0.875. The van der Waals surface area contributed by atoms with Gasteiger partial charge in [-0.25, -0.2) is 0 Å². The Hall–Kier alpha value is -1.14. The first-order valence-electron chi connectivity index (χ1n) is 8.40. The number of amides is 2. The van der Waals surface area contributed by atoms with Crippen molar-refractivity contribution in [2.24, 2.45) is 5.92 Å². The number of nitrogens with one attached hydrogen (secondary N) is 1. The monoisotopic (exact) mass is 311 g/mol. The molecule has 2 saturated heterocycles. The van der Waals surface area contributed by atoms with Crippen molar-refractivity contribution in [2.45, 2.75) is 45.7 Å². The molecule has 0 aliphatic carbocycles. The minimum absolute atomic E-state index is 0.0874. The summed E-state index contributed by atoms with van der Waals surface area (Å²) in [7, 11) is 0. The van der Waals surface area contributed by atoms with Crippen LogP contribution in [-0.4, -0.2) is 73.1 Å². The summed E-state index contributed by atoms with van der Waals surface area (Å²) in [6.45, 7) is 10.2. The van der Waals surface area contributed by atoms with Crippen molar-refractivity contribution in [2.75, 3.05) is 39.4 Å². The molecule has 1 atom stereocenters. The number of carbonyl (C=O) groups is 2. The number of nitrogens with zero attached hydrogens (tertiary/aromatic N) is 2. The summed E-state index contributed by atoms with van der Waals surface area (Å²) in [5.74, 6) is 0.430. The molecule has 0 radical (unpaired) electrons. The quantitative estimate of drug-likeness (QED) is 0.820. The third kappa shape index (κ3) is 4.43. The third-order valence-electron chi connectivity index (χ3n) is 4.56. The van der Waals surface area contributed by atoms with E-state index in [1.54, 1.807) is 0 Å². The minimum Gasteiger partial charge on any atom is -0.378 e. The summed E-state index contributed by atoms with van der Waals surface area (Å²) in [5, 5.41) is 2.98. The number of morpholine rings is 1. The highest BCUT2D eigenvalue weighted by Gasteiger charge is 2.32. The van der Waals surface area contributed by atoms with Gasteiger partial charge < -0.3 is 15.0 Å². The average molecular weight is 311 g/mol. The van der Waals surface area contributed by atoms with Crippen LogP contribution in [0.4, 0.5) is 0 Å². The van der Waals surface area contributed by atoms with Crippen molar-refractivity contribution in [1.29, 1.82) is 0 Å². The van der Waals surface area contributed by atoms with E-state index in [0.717, 1.165) is 25.9 Å². The molecule has 0 unspecified atom stereocenters. The predicted octanol–water partition coefficient (Wildman–Crippen LogP) is 0.470. The number of likely N-dealkylation sites (tertiary alicyclic amines) is 1. The fourth-order valence-electron chi connectivity index (χ4n) is 3.16. The largest absolute Gasteiger partial charge is 0.378 e. The van der Waals surface area contributed by atoms with Gasteiger partial charge in [0.2, 0.25) is 11.8 Å². The lowest BCUT2D eigenvalue weighted by molar-refractivity contribution is -0.141. The Morgan fingerprint density at radius 1 is 1.05 bits per heavy atom. The Morgan fingerprint density at radius 2 is 1.64 bits per heavy atom. The maximum Gasteiger partial charge on any atom is 0.239 e. The summed E-state index contributed by atoms with van der Waals surface area (Å²) in [6, 6.07) is 0.0829. The van der Waals surface area contributed by atoms with Crippen LogP contribution in [0.2, 0.25) is 0 Å². The molecule has 2 amide bonds. The Bertz CT molecular complexity index is 386. The zero-order valence-electron chi connectivity index (χ0n) is 14.0. The van der Waals surface area contributed by atoms with Gasteiger partial charge in [0.1, 0.15) is 0 Å². The van der Waals surface area contributed by atoms with Crippen molar-refractivity contribution in [3.05, 3.63) is 0 Å². The second-order valence-corrected chi connectivity index (χ2v) is 6.59. The van der Waals surface area contributed by atoms with Gasteiger partial charge in [0.15, 0.2) is 0 Å². The topological polar surface area (TPSA) is 61.9 Å². The van der Waals surface area contributed by atoms with Crippen LogP contribution in [0, 0.1) is 5.92 Å². The van der Waals surface area contributed by atoms with Crippen molar-refractivity contribution < 1.29 is 14.3 Å². The maximum absolute atomic E-state index is 12.5. The van der Waals surface area contributed by atoms with E-state index in [4.69, 9.17) is 4.74 Å². The normalized spacial score (nSPS) is 22.6. The van der Waals surface area contributed by atoms with Crippen molar-refractivity contribution in [3.8, 4) is 0 Å². The molecule has 0 aromatic carbocycles. The van der Waals surface area contributed by atoms with Crippen molar-refractivity contribution >= 4 is 11.8 Å². The van der Waals surface area contributed by atoms with Gasteiger partial charge >= 0.3 is 0 Å². The van der Waals surface area contributed by atoms with Gasteiger partial charge in [-0.1, -0.05) is 0 Å². The first-order chi connectivity index (χ1) is 10.5. The number of carbonyl (C=O) groups excluding carboxylic acids is 2. The molecule has 0 saturated carbocycles. The maximum atomic E-state index is 12.5. The predicted molar refractivity (Wildman–Crippen MR) is 84.4 cm³/mol. The highest BCUT2D eigenvalue weighted by Crippen LogP contribution is 2.20. The van der Waals surface area contributed by atoms with E-state index in [0.29, 0.717) is 26.3 Å². The smallest absolute Gasteiger partial charge is 0.239 e. The van der Waals surface area contributed by atoms with E-state index in [-0.39, 0.29) is 29.8 Å². The van der Waals surface area contributed by atoms with Gasteiger partial charge in [-0.15, -0.1) is 0 Å². The number of rotatable bonds is 4. The van der Waals surface area contributed by atoms with Crippen LogP contribution >= 0.6 is 0 Å². The van der Waals surface area contributed by atoms with Gasteiger partial charge in [-0.05, 0) is 46.7 Å². The van der Waals surface area contributed by atoms with Crippen LogP contribution in [0.3, 0.4) is 0 Å². The summed E-state index contributed by atoms with van der Waals surface area (Å²) in [4.78, 5) is 28.7. The molecule has 22 heavy (non-hydrogen) atoms. The van der Waals surface area contributed by atoms with Crippen molar-refractivity contribution in [3.63, 3.8) is 0 Å². The minimum atomic E-state index is -0.104. The van der Waals surface area contributed by atoms with Crippen LogP contribution in [-0.2, 0) is 14.3 Å². The standard InChI is InChI=1S/C16H29N3O3/c1-12(2)17-15(20)14-4-6-18(7-5-14)13(3)16(21)19-8-10-22-11-9-19/h12-14H,4-11H2,1-3H3,(H,17,20)/t13-/m0/s1. The Kier molecular flexibility index (Phi) is 6.20. The number of piperidine rings is 1. The molecule has 2 rings (SSSR count). The van der Waals surface area contributed by atoms with Crippen LogP contribution < -0.4 is 5.32 Å². The molecule has 0 aromatic heterocycles. The van der Waals surface area contributed by atoms with Crippen LogP contribution in [0.5, 0.6) is 0 Å². The fourth-order valence-corrected chi connectivity index (χ4v) is 3.16. The van der Waals surface area contributed by atoms with Gasteiger partial charge in [-0.3, -0.25) is 14.5 Å². The SMILES string of the molecule is CC(C)NC(=O)C1CCN([C@@H](C)C(=O)N2CCOCC2)CC1.